The molecule has 126 valence electrons. The molecule has 1 aromatic rings. The lowest BCUT2D eigenvalue weighted by molar-refractivity contribution is -0.124. The largest absolute Gasteiger partial charge is 0.352 e. The fourth-order valence-corrected chi connectivity index (χ4v) is 3.16. The number of hydrogen-bond donors (Lipinski definition) is 2. The number of aromatic nitrogens is 1. The number of piperidine rings is 1. The molecule has 0 bridgehead atoms. The number of hydrogen-bond acceptors (Lipinski definition) is 4. The van der Waals surface area contributed by atoms with Gasteiger partial charge in [-0.1, -0.05) is 6.07 Å². The number of nitrogens with one attached hydrogen (secondary N) is 2. The summed E-state index contributed by atoms with van der Waals surface area (Å²) in [7, 11) is 0. The fraction of sp³-hybridized carbons (Fsp3) is 0.625. The van der Waals surface area contributed by atoms with Crippen molar-refractivity contribution in [2.75, 3.05) is 19.6 Å². The zero-order valence-corrected chi connectivity index (χ0v) is 13.0. The molecule has 2 saturated heterocycles. The number of amides is 1. The molecule has 3 rings (SSSR count). The number of pyridine rings is 1. The lowest BCUT2D eigenvalue weighted by atomic mass is 10.0. The van der Waals surface area contributed by atoms with Crippen molar-refractivity contribution in [3.05, 3.63) is 30.1 Å². The molecule has 0 aromatic carbocycles. The molecule has 23 heavy (non-hydrogen) atoms. The number of halogens is 2. The molecule has 2 fully saturated rings. The Morgan fingerprint density at radius 3 is 2.78 bits per heavy atom. The fourth-order valence-electron chi connectivity index (χ4n) is 3.16. The average Bonchev–Trinajstić information content (AvgIpc) is 2.90. The molecule has 0 spiro atoms. The van der Waals surface area contributed by atoms with Crippen molar-refractivity contribution in [3.8, 4) is 0 Å². The zero-order chi connectivity index (χ0) is 16.3. The summed E-state index contributed by atoms with van der Waals surface area (Å²) in [5.74, 6) is -3.07. The second kappa shape index (κ2) is 6.88. The molecule has 2 N–H and O–H groups in total. The second-order valence-corrected chi connectivity index (χ2v) is 6.37. The Labute approximate surface area is 134 Å². The molecule has 1 aromatic heterocycles. The Kier molecular flexibility index (Phi) is 4.87. The van der Waals surface area contributed by atoms with E-state index in [1.54, 1.807) is 6.20 Å². The lowest BCUT2D eigenvalue weighted by Crippen LogP contribution is -2.49. The summed E-state index contributed by atoms with van der Waals surface area (Å²) in [5.41, 5.74) is 1.03. The Hall–Kier alpha value is -1.60. The molecule has 1 amide bonds. The van der Waals surface area contributed by atoms with E-state index in [1.165, 1.54) is 0 Å². The normalized spacial score (nSPS) is 25.4. The maximum atomic E-state index is 13.1. The van der Waals surface area contributed by atoms with Crippen LogP contribution in [-0.2, 0) is 11.3 Å². The van der Waals surface area contributed by atoms with Gasteiger partial charge in [0.15, 0.2) is 0 Å². The topological polar surface area (TPSA) is 57.3 Å². The SMILES string of the molecule is O=C(NC1CCN(Cc2ccccn2)CC1)C1CC(F)(F)CN1. The smallest absolute Gasteiger partial charge is 0.262 e. The average molecular weight is 324 g/mol. The number of nitrogens with zero attached hydrogens (tertiary/aromatic N) is 2. The minimum Gasteiger partial charge on any atom is -0.352 e. The standard InChI is InChI=1S/C16H22F2N4O/c17-16(18)9-14(20-11-16)15(23)21-12-4-7-22(8-5-12)10-13-3-1-2-6-19-13/h1-3,6,12,14,20H,4-5,7-11H2,(H,21,23). The van der Waals surface area contributed by atoms with Crippen molar-refractivity contribution < 1.29 is 13.6 Å². The first-order chi connectivity index (χ1) is 11.0. The lowest BCUT2D eigenvalue weighted by Gasteiger charge is -2.32. The van der Waals surface area contributed by atoms with Gasteiger partial charge in [0.25, 0.3) is 5.92 Å². The number of alkyl halides is 2. The molecule has 7 heteroatoms. The van der Waals surface area contributed by atoms with Gasteiger partial charge < -0.3 is 5.32 Å². The Balaban J connectivity index is 1.42. The maximum Gasteiger partial charge on any atom is 0.262 e. The van der Waals surface area contributed by atoms with Crippen LogP contribution in [-0.4, -0.2) is 53.4 Å². The molecule has 0 saturated carbocycles. The molecular formula is C16H22F2N4O. The summed E-state index contributed by atoms with van der Waals surface area (Å²) in [6, 6.07) is 5.17. The van der Waals surface area contributed by atoms with Crippen LogP contribution >= 0.6 is 0 Å². The summed E-state index contributed by atoms with van der Waals surface area (Å²) in [6.07, 6.45) is 3.05. The van der Waals surface area contributed by atoms with Crippen LogP contribution in [0.5, 0.6) is 0 Å². The predicted octanol–water partition coefficient (Wildman–Crippen LogP) is 1.16. The summed E-state index contributed by atoms with van der Waals surface area (Å²) in [5, 5.41) is 5.50. The summed E-state index contributed by atoms with van der Waals surface area (Å²) >= 11 is 0. The van der Waals surface area contributed by atoms with E-state index < -0.39 is 24.9 Å². The van der Waals surface area contributed by atoms with Crippen LogP contribution in [0.15, 0.2) is 24.4 Å². The molecule has 5 nitrogen and oxygen atoms in total. The van der Waals surface area contributed by atoms with E-state index in [-0.39, 0.29) is 11.9 Å². The van der Waals surface area contributed by atoms with Crippen LogP contribution < -0.4 is 10.6 Å². The van der Waals surface area contributed by atoms with E-state index in [0.717, 1.165) is 38.2 Å². The summed E-state index contributed by atoms with van der Waals surface area (Å²) in [4.78, 5) is 18.7. The maximum absolute atomic E-state index is 13.1. The van der Waals surface area contributed by atoms with Crippen molar-refractivity contribution in [3.63, 3.8) is 0 Å². The van der Waals surface area contributed by atoms with Gasteiger partial charge in [0, 0.05) is 38.3 Å². The van der Waals surface area contributed by atoms with Crippen LogP contribution in [0.3, 0.4) is 0 Å². The van der Waals surface area contributed by atoms with Gasteiger partial charge in [-0.25, -0.2) is 8.78 Å². The Morgan fingerprint density at radius 1 is 1.39 bits per heavy atom. The van der Waals surface area contributed by atoms with Crippen LogP contribution in [0.2, 0.25) is 0 Å². The van der Waals surface area contributed by atoms with Crippen molar-refractivity contribution in [1.82, 2.24) is 20.5 Å². The van der Waals surface area contributed by atoms with Crippen LogP contribution in [0.25, 0.3) is 0 Å². The van der Waals surface area contributed by atoms with E-state index in [0.29, 0.717) is 0 Å². The molecule has 0 radical (unpaired) electrons. The number of likely N-dealkylation sites (tertiary alicyclic amines) is 1. The number of rotatable bonds is 4. The van der Waals surface area contributed by atoms with Crippen molar-refractivity contribution in [2.45, 2.75) is 43.8 Å². The van der Waals surface area contributed by atoms with Crippen molar-refractivity contribution in [1.29, 1.82) is 0 Å². The van der Waals surface area contributed by atoms with Gasteiger partial charge in [-0.3, -0.25) is 20.0 Å². The highest BCUT2D eigenvalue weighted by Crippen LogP contribution is 2.25. The van der Waals surface area contributed by atoms with Crippen LogP contribution in [0.4, 0.5) is 8.78 Å². The minimum atomic E-state index is -2.77. The monoisotopic (exact) mass is 324 g/mol. The quantitative estimate of drug-likeness (QED) is 0.873. The van der Waals surface area contributed by atoms with E-state index in [1.807, 2.05) is 18.2 Å². The van der Waals surface area contributed by atoms with Gasteiger partial charge in [0.2, 0.25) is 5.91 Å². The molecule has 1 atom stereocenters. The van der Waals surface area contributed by atoms with Gasteiger partial charge in [0.1, 0.15) is 0 Å². The molecule has 2 aliphatic heterocycles. The predicted molar refractivity (Wildman–Crippen MR) is 82.0 cm³/mol. The van der Waals surface area contributed by atoms with E-state index in [2.05, 4.69) is 20.5 Å². The van der Waals surface area contributed by atoms with Crippen molar-refractivity contribution in [2.24, 2.45) is 0 Å². The van der Waals surface area contributed by atoms with E-state index in [9.17, 15) is 13.6 Å². The Bertz CT molecular complexity index is 532. The first kappa shape index (κ1) is 16.3. The molecule has 3 heterocycles. The minimum absolute atomic E-state index is 0.0681. The number of carbonyl (C=O) groups is 1. The molecular weight excluding hydrogens is 302 g/mol. The van der Waals surface area contributed by atoms with Gasteiger partial charge in [-0.2, -0.15) is 0 Å². The van der Waals surface area contributed by atoms with Crippen LogP contribution in [0, 0.1) is 0 Å². The highest BCUT2D eigenvalue weighted by Gasteiger charge is 2.42. The first-order valence-electron chi connectivity index (χ1n) is 8.06. The summed E-state index contributed by atoms with van der Waals surface area (Å²) < 4.78 is 26.3. The highest BCUT2D eigenvalue weighted by molar-refractivity contribution is 5.82. The van der Waals surface area contributed by atoms with Gasteiger partial charge in [-0.15, -0.1) is 0 Å². The van der Waals surface area contributed by atoms with E-state index >= 15 is 0 Å². The van der Waals surface area contributed by atoms with E-state index in [4.69, 9.17) is 0 Å². The van der Waals surface area contributed by atoms with Gasteiger partial charge >= 0.3 is 0 Å². The second-order valence-electron chi connectivity index (χ2n) is 6.37. The first-order valence-corrected chi connectivity index (χ1v) is 8.06. The third-order valence-corrected chi connectivity index (χ3v) is 4.47. The van der Waals surface area contributed by atoms with Gasteiger partial charge in [0.05, 0.1) is 18.3 Å². The number of carbonyl (C=O) groups excluding carboxylic acids is 1. The Morgan fingerprint density at radius 2 is 2.17 bits per heavy atom. The van der Waals surface area contributed by atoms with Crippen LogP contribution in [0.1, 0.15) is 25.0 Å². The molecule has 2 aliphatic rings. The third kappa shape index (κ3) is 4.45. The highest BCUT2D eigenvalue weighted by atomic mass is 19.3. The molecule has 0 aliphatic carbocycles. The van der Waals surface area contributed by atoms with Gasteiger partial charge in [-0.05, 0) is 25.0 Å². The summed E-state index contributed by atoms with van der Waals surface area (Å²) in [6.45, 7) is 2.14. The zero-order valence-electron chi connectivity index (χ0n) is 13.0. The third-order valence-electron chi connectivity index (χ3n) is 4.47. The molecule has 1 unspecified atom stereocenters. The van der Waals surface area contributed by atoms with Crippen molar-refractivity contribution >= 4 is 5.91 Å².